The van der Waals surface area contributed by atoms with Crippen LogP contribution in [0.3, 0.4) is 0 Å². The second-order valence-corrected chi connectivity index (χ2v) is 10.7. The summed E-state index contributed by atoms with van der Waals surface area (Å²) in [5.41, 5.74) is 1.92. The first-order valence-electron chi connectivity index (χ1n) is 10.4. The third kappa shape index (κ3) is 6.48. The van der Waals surface area contributed by atoms with Crippen LogP contribution in [0.25, 0.3) is 0 Å². The fourth-order valence-corrected chi connectivity index (χ4v) is 5.34. The van der Waals surface area contributed by atoms with E-state index in [1.807, 2.05) is 24.3 Å². The Kier molecular flexibility index (Phi) is 7.42. The van der Waals surface area contributed by atoms with E-state index in [-0.39, 0.29) is 17.1 Å². The molecule has 1 aliphatic rings. The van der Waals surface area contributed by atoms with Gasteiger partial charge < -0.3 is 20.3 Å². The Labute approximate surface area is 201 Å². The molecule has 4 nitrogen and oxygen atoms in total. The monoisotopic (exact) mass is 479 g/mol. The van der Waals surface area contributed by atoms with Crippen LogP contribution in [0, 0.1) is 0 Å². The van der Waals surface area contributed by atoms with Crippen molar-refractivity contribution in [1.29, 1.82) is 0 Å². The zero-order valence-corrected chi connectivity index (χ0v) is 21.1. The van der Waals surface area contributed by atoms with Gasteiger partial charge in [0.25, 0.3) is 0 Å². The van der Waals surface area contributed by atoms with Gasteiger partial charge in [-0.1, -0.05) is 35.3 Å². The number of nitrogens with one attached hydrogen (secondary N) is 2. The van der Waals surface area contributed by atoms with Crippen LogP contribution in [-0.4, -0.2) is 34.2 Å². The minimum atomic E-state index is -0.00188. The first kappa shape index (κ1) is 24.1. The number of methoxy groups -OCH3 is 1. The van der Waals surface area contributed by atoms with Gasteiger partial charge in [0.1, 0.15) is 5.75 Å². The lowest BCUT2D eigenvalue weighted by Gasteiger charge is -2.50. The summed E-state index contributed by atoms with van der Waals surface area (Å²) < 4.78 is 5.31. The van der Waals surface area contributed by atoms with E-state index in [1.54, 1.807) is 13.2 Å². The summed E-state index contributed by atoms with van der Waals surface area (Å²) in [6.07, 6.45) is 1.95. The number of nitrogens with zero attached hydrogens (tertiary/aromatic N) is 1. The zero-order chi connectivity index (χ0) is 22.8. The van der Waals surface area contributed by atoms with Crippen LogP contribution in [0.1, 0.15) is 46.1 Å². The van der Waals surface area contributed by atoms with Crippen molar-refractivity contribution in [1.82, 2.24) is 10.2 Å². The number of hydrogen-bond acceptors (Lipinski definition) is 3. The van der Waals surface area contributed by atoms with Crippen molar-refractivity contribution in [3.8, 4) is 5.75 Å². The van der Waals surface area contributed by atoms with Crippen molar-refractivity contribution in [2.24, 2.45) is 0 Å². The first-order chi connectivity index (χ1) is 14.5. The van der Waals surface area contributed by atoms with E-state index < -0.39 is 0 Å². The van der Waals surface area contributed by atoms with Gasteiger partial charge in [-0.15, -0.1) is 0 Å². The Hall–Kier alpha value is -1.53. The van der Waals surface area contributed by atoms with E-state index in [0.717, 1.165) is 24.3 Å². The highest BCUT2D eigenvalue weighted by atomic mass is 35.5. The molecule has 0 atom stereocenters. The highest BCUT2D eigenvalue weighted by Crippen LogP contribution is 2.33. The van der Waals surface area contributed by atoms with Crippen molar-refractivity contribution in [3.05, 3.63) is 58.1 Å². The standard InChI is InChI=1S/C24H31Cl2N3OS/c1-23(2)13-18(14-24(3,4)28-23)29(15-16-6-9-19(30-5)10-7-16)22(31)27-21-11-8-17(25)12-20(21)26/h6-12,18,28H,13-15H2,1-5H3,(H,27,31). The van der Waals surface area contributed by atoms with Gasteiger partial charge in [0.2, 0.25) is 0 Å². The maximum atomic E-state index is 6.40. The molecule has 2 aromatic rings. The van der Waals surface area contributed by atoms with E-state index in [0.29, 0.717) is 21.7 Å². The third-order valence-electron chi connectivity index (χ3n) is 5.55. The Morgan fingerprint density at radius 1 is 1.10 bits per heavy atom. The van der Waals surface area contributed by atoms with Gasteiger partial charge in [-0.05, 0) is 88.6 Å². The Balaban J connectivity index is 1.89. The molecule has 0 unspecified atom stereocenters. The number of benzene rings is 2. The quantitative estimate of drug-likeness (QED) is 0.477. The van der Waals surface area contributed by atoms with Gasteiger partial charge >= 0.3 is 0 Å². The molecule has 7 heteroatoms. The number of thiocarbonyl (C=S) groups is 1. The largest absolute Gasteiger partial charge is 0.497 e. The number of ether oxygens (including phenoxy) is 1. The average molecular weight is 481 g/mol. The molecule has 1 aliphatic heterocycles. The van der Waals surface area contributed by atoms with Crippen LogP contribution >= 0.6 is 35.4 Å². The van der Waals surface area contributed by atoms with Crippen LogP contribution < -0.4 is 15.4 Å². The molecule has 0 aromatic heterocycles. The van der Waals surface area contributed by atoms with Gasteiger partial charge in [-0.25, -0.2) is 0 Å². The van der Waals surface area contributed by atoms with E-state index in [9.17, 15) is 0 Å². The second-order valence-electron chi connectivity index (χ2n) is 9.49. The molecule has 31 heavy (non-hydrogen) atoms. The number of rotatable bonds is 5. The predicted molar refractivity (Wildman–Crippen MR) is 136 cm³/mol. The van der Waals surface area contributed by atoms with E-state index in [1.165, 1.54) is 5.56 Å². The number of anilines is 1. The lowest BCUT2D eigenvalue weighted by Crippen LogP contribution is -2.63. The lowest BCUT2D eigenvalue weighted by molar-refractivity contribution is 0.101. The predicted octanol–water partition coefficient (Wildman–Crippen LogP) is 6.51. The summed E-state index contributed by atoms with van der Waals surface area (Å²) in [6.45, 7) is 9.69. The SMILES string of the molecule is COc1ccc(CN(C(=S)Nc2ccc(Cl)cc2Cl)C2CC(C)(C)NC(C)(C)C2)cc1. The van der Waals surface area contributed by atoms with Gasteiger partial charge in [0, 0.05) is 28.7 Å². The molecule has 168 valence electrons. The average Bonchev–Trinajstić information content (AvgIpc) is 2.66. The highest BCUT2D eigenvalue weighted by Gasteiger charge is 2.40. The van der Waals surface area contributed by atoms with Crippen LogP contribution in [-0.2, 0) is 6.54 Å². The maximum absolute atomic E-state index is 6.40. The summed E-state index contributed by atoms with van der Waals surface area (Å²) in [5, 5.41) is 8.90. The van der Waals surface area contributed by atoms with E-state index >= 15 is 0 Å². The Morgan fingerprint density at radius 2 is 1.71 bits per heavy atom. The van der Waals surface area contributed by atoms with Crippen molar-refractivity contribution in [2.75, 3.05) is 12.4 Å². The lowest BCUT2D eigenvalue weighted by atomic mass is 9.79. The Morgan fingerprint density at radius 3 is 2.26 bits per heavy atom. The molecule has 0 saturated carbocycles. The maximum Gasteiger partial charge on any atom is 0.174 e. The molecule has 2 N–H and O–H groups in total. The third-order valence-corrected chi connectivity index (χ3v) is 6.44. The minimum absolute atomic E-state index is 0.00188. The molecular weight excluding hydrogens is 449 g/mol. The normalized spacial score (nSPS) is 17.8. The Bertz CT molecular complexity index is 915. The minimum Gasteiger partial charge on any atom is -0.497 e. The molecule has 0 radical (unpaired) electrons. The molecule has 3 rings (SSSR count). The summed E-state index contributed by atoms with van der Waals surface area (Å²) in [6, 6.07) is 13.8. The molecule has 2 aromatic carbocycles. The van der Waals surface area contributed by atoms with Gasteiger partial charge in [0.15, 0.2) is 5.11 Å². The van der Waals surface area contributed by atoms with Gasteiger partial charge in [-0.2, -0.15) is 0 Å². The molecular formula is C24H31Cl2N3OS. The number of hydrogen-bond donors (Lipinski definition) is 2. The molecule has 0 spiro atoms. The molecule has 0 bridgehead atoms. The van der Waals surface area contributed by atoms with E-state index in [2.05, 4.69) is 55.4 Å². The van der Waals surface area contributed by atoms with Gasteiger partial charge in [0.05, 0.1) is 17.8 Å². The van der Waals surface area contributed by atoms with Crippen molar-refractivity contribution >= 4 is 46.2 Å². The van der Waals surface area contributed by atoms with Crippen LogP contribution in [0.4, 0.5) is 5.69 Å². The topological polar surface area (TPSA) is 36.5 Å². The molecule has 0 amide bonds. The highest BCUT2D eigenvalue weighted by molar-refractivity contribution is 7.80. The van der Waals surface area contributed by atoms with Crippen molar-refractivity contribution < 1.29 is 4.74 Å². The van der Waals surface area contributed by atoms with Crippen molar-refractivity contribution in [3.63, 3.8) is 0 Å². The van der Waals surface area contributed by atoms with Crippen LogP contribution in [0.15, 0.2) is 42.5 Å². The van der Waals surface area contributed by atoms with Gasteiger partial charge in [-0.3, -0.25) is 0 Å². The smallest absolute Gasteiger partial charge is 0.174 e. The van der Waals surface area contributed by atoms with Crippen LogP contribution in [0.2, 0.25) is 10.0 Å². The number of halogens is 2. The second kappa shape index (κ2) is 9.53. The molecule has 1 saturated heterocycles. The molecule has 0 aliphatic carbocycles. The summed E-state index contributed by atoms with van der Waals surface area (Å²) in [7, 11) is 1.68. The van der Waals surface area contributed by atoms with Crippen LogP contribution in [0.5, 0.6) is 5.75 Å². The number of piperidine rings is 1. The summed E-state index contributed by atoms with van der Waals surface area (Å²) >= 11 is 18.4. The van der Waals surface area contributed by atoms with E-state index in [4.69, 9.17) is 40.2 Å². The fourth-order valence-electron chi connectivity index (χ4n) is 4.56. The molecule has 1 fully saturated rings. The summed E-state index contributed by atoms with van der Waals surface area (Å²) in [4.78, 5) is 2.28. The van der Waals surface area contributed by atoms with Crippen molar-refractivity contribution in [2.45, 2.75) is 64.2 Å². The molecule has 1 heterocycles. The first-order valence-corrected chi connectivity index (χ1v) is 11.6. The fraction of sp³-hybridized carbons (Fsp3) is 0.458. The zero-order valence-electron chi connectivity index (χ0n) is 18.8. The summed E-state index contributed by atoms with van der Waals surface area (Å²) in [5.74, 6) is 0.841.